The molecule has 0 unspecified atom stereocenters. The molecule has 0 aliphatic carbocycles. The average molecular weight is 353 g/mol. The number of hydrogen-bond acceptors (Lipinski definition) is 4. The lowest BCUT2D eigenvalue weighted by Crippen LogP contribution is -1.98. The maximum absolute atomic E-state index is 13.3. The number of nitrogen functional groups attached to an aromatic ring is 1. The molecule has 2 N–H and O–H groups in total. The van der Waals surface area contributed by atoms with E-state index in [1.165, 1.54) is 12.4 Å². The van der Waals surface area contributed by atoms with Crippen LogP contribution in [0.1, 0.15) is 0 Å². The number of nitrogens with zero attached hydrogens (tertiary/aromatic N) is 2. The lowest BCUT2D eigenvalue weighted by atomic mass is 10.3. The molecule has 0 radical (unpaired) electrons. The Bertz CT molecular complexity index is 612. The predicted octanol–water partition coefficient (Wildman–Crippen LogP) is 4.06. The lowest BCUT2D eigenvalue weighted by molar-refractivity contribution is 0.456. The van der Waals surface area contributed by atoms with Crippen molar-refractivity contribution in [1.29, 1.82) is 0 Å². The molecule has 0 amide bonds. The first-order chi connectivity index (χ1) is 8.49. The van der Waals surface area contributed by atoms with Crippen LogP contribution in [0.4, 0.5) is 10.1 Å². The quantitative estimate of drug-likeness (QED) is 0.654. The Labute approximate surface area is 120 Å². The molecule has 94 valence electrons. The molecule has 8 heteroatoms. The van der Waals surface area contributed by atoms with E-state index in [1.54, 1.807) is 0 Å². The average Bonchev–Trinajstić information content (AvgIpc) is 2.32. The molecule has 18 heavy (non-hydrogen) atoms. The molecular weight excluding hydrogens is 348 g/mol. The number of hydrogen-bond donors (Lipinski definition) is 1. The standard InChI is InChI=1S/C10H5BrCl2FN3O/c11-4-1-5(12)6(14)2-7(4)18-10-8(15)9(13)16-3-17-10/h1-3H,15H2. The van der Waals surface area contributed by atoms with Gasteiger partial charge in [0.2, 0.25) is 5.88 Å². The molecule has 0 fully saturated rings. The van der Waals surface area contributed by atoms with Gasteiger partial charge >= 0.3 is 0 Å². The van der Waals surface area contributed by atoms with Crippen molar-refractivity contribution < 1.29 is 9.13 Å². The number of nitrogens with two attached hydrogens (primary N) is 1. The van der Waals surface area contributed by atoms with Gasteiger partial charge in [0.15, 0.2) is 5.15 Å². The summed E-state index contributed by atoms with van der Waals surface area (Å²) < 4.78 is 19.1. The van der Waals surface area contributed by atoms with Gasteiger partial charge < -0.3 is 10.5 Å². The van der Waals surface area contributed by atoms with E-state index in [4.69, 9.17) is 33.7 Å². The Morgan fingerprint density at radius 2 is 2.00 bits per heavy atom. The van der Waals surface area contributed by atoms with Gasteiger partial charge in [0.05, 0.1) is 9.50 Å². The normalized spacial score (nSPS) is 10.4. The van der Waals surface area contributed by atoms with Crippen LogP contribution in [-0.2, 0) is 0 Å². The topological polar surface area (TPSA) is 61.0 Å². The number of benzene rings is 1. The maximum atomic E-state index is 13.3. The molecule has 0 bridgehead atoms. The van der Waals surface area contributed by atoms with Gasteiger partial charge in [-0.25, -0.2) is 9.37 Å². The summed E-state index contributed by atoms with van der Waals surface area (Å²) in [6.07, 6.45) is 1.19. The Morgan fingerprint density at radius 3 is 2.72 bits per heavy atom. The van der Waals surface area contributed by atoms with E-state index in [2.05, 4.69) is 25.9 Å². The molecule has 1 aromatic heterocycles. The van der Waals surface area contributed by atoms with Gasteiger partial charge in [-0.2, -0.15) is 4.98 Å². The number of rotatable bonds is 2. The van der Waals surface area contributed by atoms with Crippen LogP contribution in [-0.4, -0.2) is 9.97 Å². The zero-order valence-corrected chi connectivity index (χ0v) is 11.7. The Balaban J connectivity index is 2.40. The van der Waals surface area contributed by atoms with Crippen molar-refractivity contribution in [2.24, 2.45) is 0 Å². The molecule has 0 spiro atoms. The predicted molar refractivity (Wildman–Crippen MR) is 70.6 cm³/mol. The van der Waals surface area contributed by atoms with Crippen molar-refractivity contribution in [3.8, 4) is 11.6 Å². The first kappa shape index (κ1) is 13.3. The molecule has 2 rings (SSSR count). The second-order valence-electron chi connectivity index (χ2n) is 3.18. The zero-order valence-electron chi connectivity index (χ0n) is 8.62. The van der Waals surface area contributed by atoms with Crippen LogP contribution in [0.15, 0.2) is 22.9 Å². The monoisotopic (exact) mass is 351 g/mol. The lowest BCUT2D eigenvalue weighted by Gasteiger charge is -2.09. The summed E-state index contributed by atoms with van der Waals surface area (Å²) >= 11 is 14.5. The molecule has 0 aliphatic rings. The number of aromatic nitrogens is 2. The van der Waals surface area contributed by atoms with Gasteiger partial charge in [0.25, 0.3) is 0 Å². The number of ether oxygens (including phenoxy) is 1. The second kappa shape index (κ2) is 5.26. The van der Waals surface area contributed by atoms with E-state index in [0.29, 0.717) is 4.47 Å². The summed E-state index contributed by atoms with van der Waals surface area (Å²) in [6, 6.07) is 2.48. The second-order valence-corrected chi connectivity index (χ2v) is 4.80. The first-order valence-corrected chi connectivity index (χ1v) is 6.12. The van der Waals surface area contributed by atoms with Gasteiger partial charge in [0, 0.05) is 6.07 Å². The number of anilines is 1. The van der Waals surface area contributed by atoms with E-state index in [1.807, 2.05) is 0 Å². The van der Waals surface area contributed by atoms with E-state index >= 15 is 0 Å². The Morgan fingerprint density at radius 1 is 1.28 bits per heavy atom. The van der Waals surface area contributed by atoms with Gasteiger partial charge in [0.1, 0.15) is 23.6 Å². The zero-order chi connectivity index (χ0) is 13.3. The number of halogens is 4. The van der Waals surface area contributed by atoms with Gasteiger partial charge in [-0.1, -0.05) is 23.2 Å². The molecule has 0 atom stereocenters. The van der Waals surface area contributed by atoms with E-state index in [-0.39, 0.29) is 27.5 Å². The Hall–Kier alpha value is -1.11. The van der Waals surface area contributed by atoms with Crippen LogP contribution in [0.2, 0.25) is 10.2 Å². The van der Waals surface area contributed by atoms with Gasteiger partial charge in [-0.05, 0) is 22.0 Å². The highest BCUT2D eigenvalue weighted by Crippen LogP contribution is 2.35. The van der Waals surface area contributed by atoms with Crippen molar-refractivity contribution in [3.05, 3.63) is 38.9 Å². The first-order valence-electron chi connectivity index (χ1n) is 4.57. The molecule has 0 saturated carbocycles. The van der Waals surface area contributed by atoms with Gasteiger partial charge in [-0.15, -0.1) is 0 Å². The van der Waals surface area contributed by atoms with Crippen molar-refractivity contribution >= 4 is 44.8 Å². The molecule has 0 saturated heterocycles. The van der Waals surface area contributed by atoms with E-state index in [9.17, 15) is 4.39 Å². The summed E-state index contributed by atoms with van der Waals surface area (Å²) in [6.45, 7) is 0. The summed E-state index contributed by atoms with van der Waals surface area (Å²) in [5.41, 5.74) is 5.70. The van der Waals surface area contributed by atoms with Crippen molar-refractivity contribution in [3.63, 3.8) is 0 Å². The summed E-state index contributed by atoms with van der Waals surface area (Å²) in [4.78, 5) is 7.49. The molecule has 1 aromatic carbocycles. The molecule has 1 heterocycles. The highest BCUT2D eigenvalue weighted by atomic mass is 79.9. The maximum Gasteiger partial charge on any atom is 0.247 e. The fraction of sp³-hybridized carbons (Fsp3) is 0. The minimum absolute atomic E-state index is 0.0251. The van der Waals surface area contributed by atoms with Crippen LogP contribution in [0.5, 0.6) is 11.6 Å². The van der Waals surface area contributed by atoms with Crippen LogP contribution in [0.3, 0.4) is 0 Å². The molecule has 4 nitrogen and oxygen atoms in total. The van der Waals surface area contributed by atoms with Crippen molar-refractivity contribution in [2.45, 2.75) is 0 Å². The molecule has 0 aliphatic heterocycles. The minimum atomic E-state index is -0.617. The fourth-order valence-corrected chi connectivity index (χ4v) is 1.97. The largest absolute Gasteiger partial charge is 0.436 e. The van der Waals surface area contributed by atoms with Crippen molar-refractivity contribution in [2.75, 3.05) is 5.73 Å². The molecule has 2 aromatic rings. The van der Waals surface area contributed by atoms with Crippen LogP contribution in [0, 0.1) is 5.82 Å². The highest BCUT2D eigenvalue weighted by Gasteiger charge is 2.13. The third kappa shape index (κ3) is 2.66. The third-order valence-corrected chi connectivity index (χ3v) is 3.19. The SMILES string of the molecule is Nc1c(Cl)ncnc1Oc1cc(F)c(Cl)cc1Br. The minimum Gasteiger partial charge on any atom is -0.436 e. The summed E-state index contributed by atoms with van der Waals surface area (Å²) in [5, 5.41) is 0.0356. The van der Waals surface area contributed by atoms with E-state index in [0.717, 1.165) is 6.07 Å². The van der Waals surface area contributed by atoms with Crippen LogP contribution in [0.25, 0.3) is 0 Å². The van der Waals surface area contributed by atoms with Crippen LogP contribution >= 0.6 is 39.1 Å². The summed E-state index contributed by atoms with van der Waals surface area (Å²) in [7, 11) is 0. The van der Waals surface area contributed by atoms with E-state index < -0.39 is 5.82 Å². The highest BCUT2D eigenvalue weighted by molar-refractivity contribution is 9.10. The summed E-state index contributed by atoms with van der Waals surface area (Å²) in [5.74, 6) is -0.399. The smallest absolute Gasteiger partial charge is 0.247 e. The Kier molecular flexibility index (Phi) is 3.89. The van der Waals surface area contributed by atoms with Gasteiger partial charge in [-0.3, -0.25) is 0 Å². The third-order valence-electron chi connectivity index (χ3n) is 1.98. The fourth-order valence-electron chi connectivity index (χ4n) is 1.13. The van der Waals surface area contributed by atoms with Crippen molar-refractivity contribution in [1.82, 2.24) is 9.97 Å². The van der Waals surface area contributed by atoms with Crippen LogP contribution < -0.4 is 10.5 Å². The molecular formula is C10H5BrCl2FN3O.